The summed E-state index contributed by atoms with van der Waals surface area (Å²) in [6.07, 6.45) is 0.981. The van der Waals surface area contributed by atoms with Crippen LogP contribution in [0.15, 0.2) is 42.5 Å². The predicted molar refractivity (Wildman–Crippen MR) is 124 cm³/mol. The van der Waals surface area contributed by atoms with Gasteiger partial charge in [-0.3, -0.25) is 4.79 Å². The highest BCUT2D eigenvalue weighted by Crippen LogP contribution is 2.30. The smallest absolute Gasteiger partial charge is 0.223 e. The van der Waals surface area contributed by atoms with E-state index in [1.165, 1.54) is 4.31 Å². The van der Waals surface area contributed by atoms with Crippen LogP contribution in [0.5, 0.6) is 11.5 Å². The molecule has 1 saturated heterocycles. The van der Waals surface area contributed by atoms with Crippen LogP contribution in [-0.4, -0.2) is 45.9 Å². The van der Waals surface area contributed by atoms with Crippen molar-refractivity contribution in [3.05, 3.63) is 58.6 Å². The van der Waals surface area contributed by atoms with Crippen molar-refractivity contribution in [1.29, 1.82) is 0 Å². The van der Waals surface area contributed by atoms with Gasteiger partial charge < -0.3 is 14.8 Å². The molecule has 3 rings (SSSR count). The van der Waals surface area contributed by atoms with Gasteiger partial charge in [-0.15, -0.1) is 0 Å². The molecule has 0 aliphatic carbocycles. The van der Waals surface area contributed by atoms with E-state index in [9.17, 15) is 13.2 Å². The second-order valence-corrected chi connectivity index (χ2v) is 10.3. The lowest BCUT2D eigenvalue weighted by Gasteiger charge is -2.31. The minimum Gasteiger partial charge on any atom is -0.493 e. The zero-order valence-corrected chi connectivity index (χ0v) is 20.1. The van der Waals surface area contributed by atoms with Crippen molar-refractivity contribution in [2.75, 3.05) is 27.3 Å². The van der Waals surface area contributed by atoms with Gasteiger partial charge in [0.1, 0.15) is 0 Å². The van der Waals surface area contributed by atoms with E-state index in [2.05, 4.69) is 5.32 Å². The van der Waals surface area contributed by atoms with E-state index in [1.54, 1.807) is 44.6 Å². The van der Waals surface area contributed by atoms with E-state index in [4.69, 9.17) is 21.1 Å². The number of methoxy groups -OCH3 is 2. The van der Waals surface area contributed by atoms with Crippen LogP contribution < -0.4 is 14.8 Å². The molecule has 0 unspecified atom stereocenters. The Kier molecular flexibility index (Phi) is 8.03. The molecule has 174 valence electrons. The number of halogens is 1. The maximum absolute atomic E-state index is 12.8. The Morgan fingerprint density at radius 3 is 2.31 bits per heavy atom. The Morgan fingerprint density at radius 1 is 1.09 bits per heavy atom. The monoisotopic (exact) mass is 480 g/mol. The molecule has 2 aromatic carbocycles. The fraction of sp³-hybridized carbons (Fsp3) is 0.435. The lowest BCUT2D eigenvalue weighted by atomic mass is 9.96. The largest absolute Gasteiger partial charge is 0.493 e. The average Bonchev–Trinajstić information content (AvgIpc) is 2.80. The van der Waals surface area contributed by atoms with Crippen LogP contribution in [0.1, 0.15) is 36.9 Å². The van der Waals surface area contributed by atoms with Gasteiger partial charge in [0.25, 0.3) is 0 Å². The van der Waals surface area contributed by atoms with Crippen molar-refractivity contribution in [1.82, 2.24) is 9.62 Å². The van der Waals surface area contributed by atoms with Crippen LogP contribution in [0.3, 0.4) is 0 Å². The number of sulfonamides is 1. The first kappa shape index (κ1) is 24.4. The summed E-state index contributed by atoms with van der Waals surface area (Å²) in [5, 5.41) is 3.61. The summed E-state index contributed by atoms with van der Waals surface area (Å²) in [7, 11) is -0.303. The molecular formula is C23H29ClN2O5S. The summed E-state index contributed by atoms with van der Waals surface area (Å²) in [5.41, 5.74) is 1.59. The molecule has 1 amide bonds. The first-order valence-corrected chi connectivity index (χ1v) is 12.5. The maximum Gasteiger partial charge on any atom is 0.223 e. The van der Waals surface area contributed by atoms with E-state index >= 15 is 0 Å². The van der Waals surface area contributed by atoms with Gasteiger partial charge in [-0.1, -0.05) is 29.8 Å². The first-order chi connectivity index (χ1) is 15.2. The van der Waals surface area contributed by atoms with E-state index in [1.807, 2.05) is 19.1 Å². The van der Waals surface area contributed by atoms with E-state index in [-0.39, 0.29) is 23.6 Å². The second kappa shape index (κ2) is 10.6. The number of benzene rings is 2. The molecule has 9 heteroatoms. The Bertz CT molecular complexity index is 1030. The third-order valence-corrected chi connectivity index (χ3v) is 7.85. The first-order valence-electron chi connectivity index (χ1n) is 10.5. The van der Waals surface area contributed by atoms with Gasteiger partial charge in [0.2, 0.25) is 15.9 Å². The van der Waals surface area contributed by atoms with Crippen LogP contribution in [0.4, 0.5) is 0 Å². The number of hydrogen-bond acceptors (Lipinski definition) is 5. The Hall–Kier alpha value is -2.29. The molecule has 1 atom stereocenters. The van der Waals surface area contributed by atoms with E-state index in [0.717, 1.165) is 5.56 Å². The van der Waals surface area contributed by atoms with Gasteiger partial charge in [0.05, 0.1) is 26.0 Å². The topological polar surface area (TPSA) is 84.9 Å². The fourth-order valence-corrected chi connectivity index (χ4v) is 5.50. The van der Waals surface area contributed by atoms with Crippen LogP contribution in [0, 0.1) is 5.92 Å². The summed E-state index contributed by atoms with van der Waals surface area (Å²) in [4.78, 5) is 12.8. The molecule has 0 aromatic heterocycles. The van der Waals surface area contributed by atoms with Gasteiger partial charge in [-0.2, -0.15) is 0 Å². The Labute approximate surface area is 194 Å². The highest BCUT2D eigenvalue weighted by molar-refractivity contribution is 7.88. The molecule has 7 nitrogen and oxygen atoms in total. The summed E-state index contributed by atoms with van der Waals surface area (Å²) in [6, 6.07) is 12.1. The van der Waals surface area contributed by atoms with Crippen molar-refractivity contribution in [3.63, 3.8) is 0 Å². The third kappa shape index (κ3) is 5.94. The standard InChI is InChI=1S/C23H29ClN2O5S/c1-16(19-6-9-21(30-2)22(14-19)31-3)25-23(27)18-10-12-26(13-11-18)32(28,29)15-17-4-7-20(24)8-5-17/h4-9,14,16,18H,10-13,15H2,1-3H3,(H,25,27)/t16-/m0/s1. The summed E-state index contributed by atoms with van der Waals surface area (Å²) in [6.45, 7) is 2.57. The van der Waals surface area contributed by atoms with Crippen molar-refractivity contribution < 1.29 is 22.7 Å². The molecule has 1 aliphatic rings. The number of carbonyl (C=O) groups is 1. The molecular weight excluding hydrogens is 452 g/mol. The number of ether oxygens (including phenoxy) is 2. The highest BCUT2D eigenvalue weighted by atomic mass is 35.5. The Balaban J connectivity index is 1.55. The summed E-state index contributed by atoms with van der Waals surface area (Å²) < 4.78 is 37.6. The number of carbonyl (C=O) groups excluding carboxylic acids is 1. The minimum absolute atomic E-state index is 0.0676. The van der Waals surface area contributed by atoms with Gasteiger partial charge in [0, 0.05) is 24.0 Å². The van der Waals surface area contributed by atoms with Gasteiger partial charge in [0.15, 0.2) is 11.5 Å². The lowest BCUT2D eigenvalue weighted by Crippen LogP contribution is -2.43. The molecule has 0 radical (unpaired) electrons. The summed E-state index contributed by atoms with van der Waals surface area (Å²) in [5.74, 6) is 0.867. The normalized spacial score (nSPS) is 16.4. The van der Waals surface area contributed by atoms with Crippen LogP contribution >= 0.6 is 11.6 Å². The lowest BCUT2D eigenvalue weighted by molar-refractivity contribution is -0.126. The molecule has 2 aromatic rings. The van der Waals surface area contributed by atoms with Crippen LogP contribution in [0.25, 0.3) is 0 Å². The molecule has 32 heavy (non-hydrogen) atoms. The molecule has 1 aliphatic heterocycles. The average molecular weight is 481 g/mol. The van der Waals surface area contributed by atoms with Crippen molar-refractivity contribution in [2.45, 2.75) is 31.6 Å². The molecule has 0 saturated carbocycles. The van der Waals surface area contributed by atoms with Gasteiger partial charge in [-0.25, -0.2) is 12.7 Å². The number of nitrogens with one attached hydrogen (secondary N) is 1. The van der Waals surface area contributed by atoms with E-state index < -0.39 is 10.0 Å². The predicted octanol–water partition coefficient (Wildman–Crippen LogP) is 3.78. The van der Waals surface area contributed by atoms with Crippen molar-refractivity contribution in [3.8, 4) is 11.5 Å². The molecule has 0 bridgehead atoms. The van der Waals surface area contributed by atoms with E-state index in [0.29, 0.717) is 48.0 Å². The number of hydrogen-bond donors (Lipinski definition) is 1. The number of nitrogens with zero attached hydrogens (tertiary/aromatic N) is 1. The minimum atomic E-state index is -3.45. The van der Waals surface area contributed by atoms with Gasteiger partial charge in [-0.05, 0) is 55.2 Å². The zero-order valence-electron chi connectivity index (χ0n) is 18.5. The third-order valence-electron chi connectivity index (χ3n) is 5.75. The molecule has 1 heterocycles. The van der Waals surface area contributed by atoms with Crippen LogP contribution in [0.2, 0.25) is 5.02 Å². The summed E-state index contributed by atoms with van der Waals surface area (Å²) >= 11 is 5.87. The molecule has 1 fully saturated rings. The zero-order chi connectivity index (χ0) is 23.3. The quantitative estimate of drug-likeness (QED) is 0.621. The van der Waals surface area contributed by atoms with Gasteiger partial charge >= 0.3 is 0 Å². The fourth-order valence-electron chi connectivity index (χ4n) is 3.82. The van der Waals surface area contributed by atoms with Crippen molar-refractivity contribution >= 4 is 27.5 Å². The van der Waals surface area contributed by atoms with Crippen molar-refractivity contribution in [2.24, 2.45) is 5.92 Å². The number of piperidine rings is 1. The van der Waals surface area contributed by atoms with Crippen LogP contribution in [-0.2, 0) is 20.6 Å². The Morgan fingerprint density at radius 2 is 1.72 bits per heavy atom. The molecule has 0 spiro atoms. The molecule has 1 N–H and O–H groups in total. The number of rotatable bonds is 8. The number of amides is 1. The highest BCUT2D eigenvalue weighted by Gasteiger charge is 2.31. The SMILES string of the molecule is COc1ccc([C@H](C)NC(=O)C2CCN(S(=O)(=O)Cc3ccc(Cl)cc3)CC2)cc1OC. The maximum atomic E-state index is 12.8. The second-order valence-electron chi connectivity index (χ2n) is 7.90.